The van der Waals surface area contributed by atoms with Crippen LogP contribution >= 0.6 is 0 Å². The lowest BCUT2D eigenvalue weighted by Gasteiger charge is -2.05. The average molecular weight is 551 g/mol. The average Bonchev–Trinajstić information content (AvgIpc) is 2.95. The van der Waals surface area contributed by atoms with Gasteiger partial charge in [0, 0.05) is 13.0 Å². The minimum atomic E-state index is 0.541. The van der Waals surface area contributed by atoms with Crippen LogP contribution in [0.1, 0.15) is 219 Å². The van der Waals surface area contributed by atoms with E-state index in [0.717, 1.165) is 19.3 Å². The molecule has 0 saturated carbocycles. The van der Waals surface area contributed by atoms with Crippen LogP contribution in [0.2, 0.25) is 0 Å². The number of hydrogen-bond acceptors (Lipinski definition) is 2. The standard InChI is InChI=1S/C37H74O2/c1-2-3-4-5-6-7-8-9-10-11-12-13-14-15-16-17-18-19-20-21-22-23-24-25-26-27-28-29-30-31-32-33-36-39-37-34-35-38/h35H,2-34,36-37H2,1H3. The SMILES string of the molecule is CCCCCCCCCCCCCCCCCCCCCCCCCCCCCCCCCCOCCC=O. The van der Waals surface area contributed by atoms with Crippen molar-refractivity contribution in [1.82, 2.24) is 0 Å². The van der Waals surface area contributed by atoms with Crippen LogP contribution in [-0.2, 0) is 9.53 Å². The van der Waals surface area contributed by atoms with Gasteiger partial charge in [-0.2, -0.15) is 0 Å². The van der Waals surface area contributed by atoms with Crippen molar-refractivity contribution in [3.63, 3.8) is 0 Å². The van der Waals surface area contributed by atoms with E-state index in [1.807, 2.05) is 0 Å². The van der Waals surface area contributed by atoms with Crippen LogP contribution in [0.5, 0.6) is 0 Å². The molecule has 0 heterocycles. The summed E-state index contributed by atoms with van der Waals surface area (Å²) in [6.07, 6.45) is 47.7. The Hall–Kier alpha value is -0.370. The molecule has 0 spiro atoms. The van der Waals surface area contributed by atoms with Crippen LogP contribution < -0.4 is 0 Å². The Morgan fingerprint density at radius 2 is 0.564 bits per heavy atom. The summed E-state index contributed by atoms with van der Waals surface area (Å²) < 4.78 is 5.41. The molecule has 0 aromatic heterocycles. The van der Waals surface area contributed by atoms with Crippen molar-refractivity contribution in [2.24, 2.45) is 0 Å². The monoisotopic (exact) mass is 551 g/mol. The smallest absolute Gasteiger partial charge is 0.122 e. The Kier molecular flexibility index (Phi) is 37.3. The zero-order valence-electron chi connectivity index (χ0n) is 27.1. The molecule has 0 atom stereocenters. The summed E-state index contributed by atoms with van der Waals surface area (Å²) in [5.74, 6) is 0. The molecule has 0 rings (SSSR count). The van der Waals surface area contributed by atoms with E-state index in [2.05, 4.69) is 6.92 Å². The maximum atomic E-state index is 10.2. The van der Waals surface area contributed by atoms with Gasteiger partial charge in [0.05, 0.1) is 6.61 Å². The van der Waals surface area contributed by atoms with Crippen molar-refractivity contribution in [2.45, 2.75) is 219 Å². The molecule has 0 unspecified atom stereocenters. The van der Waals surface area contributed by atoms with Crippen LogP contribution in [0.3, 0.4) is 0 Å². The largest absolute Gasteiger partial charge is 0.381 e. The molecule has 0 N–H and O–H groups in total. The lowest BCUT2D eigenvalue weighted by atomic mass is 10.0. The molecule has 0 bridgehead atoms. The maximum absolute atomic E-state index is 10.2. The molecular formula is C37H74O2. The fraction of sp³-hybridized carbons (Fsp3) is 0.973. The normalized spacial score (nSPS) is 11.4. The second-order valence-electron chi connectivity index (χ2n) is 12.5. The first-order valence-corrected chi connectivity index (χ1v) is 18.4. The van der Waals surface area contributed by atoms with Gasteiger partial charge in [0.1, 0.15) is 6.29 Å². The third-order valence-corrected chi connectivity index (χ3v) is 8.52. The summed E-state index contributed by atoms with van der Waals surface area (Å²) in [6, 6.07) is 0. The molecule has 0 aliphatic heterocycles. The quantitative estimate of drug-likeness (QED) is 0.0572. The van der Waals surface area contributed by atoms with Gasteiger partial charge in [-0.05, 0) is 6.42 Å². The topological polar surface area (TPSA) is 26.3 Å². The fourth-order valence-electron chi connectivity index (χ4n) is 5.81. The minimum absolute atomic E-state index is 0.541. The summed E-state index contributed by atoms with van der Waals surface area (Å²) in [7, 11) is 0. The lowest BCUT2D eigenvalue weighted by Crippen LogP contribution is -1.97. The molecule has 234 valence electrons. The Morgan fingerprint density at radius 1 is 0.333 bits per heavy atom. The summed E-state index contributed by atoms with van der Waals surface area (Å²) in [4.78, 5) is 10.2. The first-order valence-electron chi connectivity index (χ1n) is 18.4. The molecule has 2 heteroatoms. The minimum Gasteiger partial charge on any atom is -0.381 e. The van der Waals surface area contributed by atoms with Crippen molar-refractivity contribution in [3.8, 4) is 0 Å². The number of carbonyl (C=O) groups is 1. The molecule has 0 saturated heterocycles. The van der Waals surface area contributed by atoms with Gasteiger partial charge in [-0.1, -0.05) is 206 Å². The van der Waals surface area contributed by atoms with E-state index in [4.69, 9.17) is 4.74 Å². The second kappa shape index (κ2) is 37.6. The summed E-state index contributed by atoms with van der Waals surface area (Å²) in [5, 5.41) is 0. The van der Waals surface area contributed by atoms with E-state index in [9.17, 15) is 4.79 Å². The highest BCUT2D eigenvalue weighted by atomic mass is 16.5. The van der Waals surface area contributed by atoms with Gasteiger partial charge in [-0.15, -0.1) is 0 Å². The number of aldehydes is 1. The molecular weight excluding hydrogens is 476 g/mol. The van der Waals surface area contributed by atoms with Gasteiger partial charge >= 0.3 is 0 Å². The van der Waals surface area contributed by atoms with Crippen molar-refractivity contribution in [2.75, 3.05) is 13.2 Å². The van der Waals surface area contributed by atoms with Gasteiger partial charge < -0.3 is 9.53 Å². The first-order chi connectivity index (χ1) is 19.4. The molecule has 0 aliphatic rings. The van der Waals surface area contributed by atoms with Crippen molar-refractivity contribution in [1.29, 1.82) is 0 Å². The number of rotatable bonds is 36. The Bertz CT molecular complexity index is 422. The van der Waals surface area contributed by atoms with E-state index < -0.39 is 0 Å². The molecule has 39 heavy (non-hydrogen) atoms. The number of hydrogen-bond donors (Lipinski definition) is 0. The lowest BCUT2D eigenvalue weighted by molar-refractivity contribution is -0.108. The fourth-order valence-corrected chi connectivity index (χ4v) is 5.81. The highest BCUT2D eigenvalue weighted by Crippen LogP contribution is 2.16. The van der Waals surface area contributed by atoms with Crippen LogP contribution in [0.25, 0.3) is 0 Å². The van der Waals surface area contributed by atoms with E-state index in [0.29, 0.717) is 13.0 Å². The predicted molar refractivity (Wildman–Crippen MR) is 175 cm³/mol. The molecule has 0 amide bonds. The zero-order chi connectivity index (χ0) is 28.2. The molecule has 0 aliphatic carbocycles. The van der Waals surface area contributed by atoms with Crippen LogP contribution in [-0.4, -0.2) is 19.5 Å². The number of unbranched alkanes of at least 4 members (excludes halogenated alkanes) is 31. The zero-order valence-corrected chi connectivity index (χ0v) is 27.1. The molecule has 2 nitrogen and oxygen atoms in total. The second-order valence-corrected chi connectivity index (χ2v) is 12.5. The number of carbonyl (C=O) groups excluding carboxylic acids is 1. The van der Waals surface area contributed by atoms with E-state index in [1.54, 1.807) is 0 Å². The summed E-state index contributed by atoms with van der Waals surface area (Å²) in [6.45, 7) is 3.73. The van der Waals surface area contributed by atoms with E-state index >= 15 is 0 Å². The Labute approximate surface area is 247 Å². The van der Waals surface area contributed by atoms with Crippen molar-refractivity contribution < 1.29 is 9.53 Å². The van der Waals surface area contributed by atoms with Crippen LogP contribution in [0.15, 0.2) is 0 Å². The highest BCUT2D eigenvalue weighted by molar-refractivity contribution is 5.49. The number of ether oxygens (including phenoxy) is 1. The Morgan fingerprint density at radius 3 is 0.795 bits per heavy atom. The van der Waals surface area contributed by atoms with Crippen molar-refractivity contribution in [3.05, 3.63) is 0 Å². The summed E-state index contributed by atoms with van der Waals surface area (Å²) in [5.41, 5.74) is 0. The van der Waals surface area contributed by atoms with Gasteiger partial charge in [0.15, 0.2) is 0 Å². The van der Waals surface area contributed by atoms with Gasteiger partial charge in [0.25, 0.3) is 0 Å². The third kappa shape index (κ3) is 37.6. The highest BCUT2D eigenvalue weighted by Gasteiger charge is 1.97. The molecule has 0 aromatic rings. The van der Waals surface area contributed by atoms with Crippen LogP contribution in [0, 0.1) is 0 Å². The van der Waals surface area contributed by atoms with E-state index in [1.165, 1.54) is 199 Å². The van der Waals surface area contributed by atoms with E-state index in [-0.39, 0.29) is 0 Å². The van der Waals surface area contributed by atoms with Crippen molar-refractivity contribution >= 4 is 6.29 Å². The molecule has 0 fully saturated rings. The first kappa shape index (κ1) is 38.6. The van der Waals surface area contributed by atoms with Gasteiger partial charge in [0.2, 0.25) is 0 Å². The van der Waals surface area contributed by atoms with Gasteiger partial charge in [-0.3, -0.25) is 0 Å². The molecule has 0 aromatic carbocycles. The predicted octanol–water partition coefficient (Wildman–Crippen LogP) is 13.1. The third-order valence-electron chi connectivity index (χ3n) is 8.52. The van der Waals surface area contributed by atoms with Crippen LogP contribution in [0.4, 0.5) is 0 Å². The maximum Gasteiger partial charge on any atom is 0.122 e. The summed E-state index contributed by atoms with van der Waals surface area (Å²) >= 11 is 0. The molecule has 0 radical (unpaired) electrons. The Balaban J connectivity index is 3.02. The van der Waals surface area contributed by atoms with Gasteiger partial charge in [-0.25, -0.2) is 0 Å².